The smallest absolute Gasteiger partial charge is 0.414 e. The van der Waals surface area contributed by atoms with E-state index in [4.69, 9.17) is 19.8 Å². The van der Waals surface area contributed by atoms with Gasteiger partial charge >= 0.3 is 11.9 Å². The van der Waals surface area contributed by atoms with Gasteiger partial charge in [0.05, 0.1) is 12.2 Å². The Morgan fingerprint density at radius 1 is 0.917 bits per heavy atom. The van der Waals surface area contributed by atoms with Crippen molar-refractivity contribution >= 4 is 45.2 Å². The first-order valence-electron chi connectivity index (χ1n) is 12.1. The van der Waals surface area contributed by atoms with E-state index in [1.807, 2.05) is 11.8 Å². The van der Waals surface area contributed by atoms with Crippen LogP contribution in [0.25, 0.3) is 5.57 Å². The van der Waals surface area contributed by atoms with Crippen molar-refractivity contribution in [2.24, 2.45) is 5.92 Å². The van der Waals surface area contributed by atoms with E-state index in [1.165, 1.54) is 26.5 Å². The van der Waals surface area contributed by atoms with Crippen LogP contribution < -0.4 is 0 Å². The molecule has 0 unspecified atom stereocenters. The summed E-state index contributed by atoms with van der Waals surface area (Å²) in [5.74, 6) is -3.15. The van der Waals surface area contributed by atoms with Crippen LogP contribution in [-0.4, -0.2) is 69.1 Å². The van der Waals surface area contributed by atoms with Gasteiger partial charge in [-0.15, -0.1) is 0 Å². The fourth-order valence-corrected chi connectivity index (χ4v) is 6.63. The number of fused-ring (bicyclic) bond motifs is 2. The van der Waals surface area contributed by atoms with Gasteiger partial charge in [-0.05, 0) is 79.0 Å². The van der Waals surface area contributed by atoms with Gasteiger partial charge in [-0.1, -0.05) is 51.5 Å². The summed E-state index contributed by atoms with van der Waals surface area (Å²) in [5.41, 5.74) is 5.75. The van der Waals surface area contributed by atoms with Gasteiger partial charge < -0.3 is 25.3 Å². The lowest BCUT2D eigenvalue weighted by molar-refractivity contribution is -0.159. The van der Waals surface area contributed by atoms with Gasteiger partial charge in [0.1, 0.15) is 0 Å². The molecule has 2 heterocycles. The molecule has 1 saturated carbocycles. The molecule has 1 saturated heterocycles. The van der Waals surface area contributed by atoms with E-state index in [1.54, 1.807) is 5.57 Å². The molecule has 2 fully saturated rings. The molecule has 2 aromatic carbocycles. The van der Waals surface area contributed by atoms with Crippen molar-refractivity contribution < 1.29 is 30.0 Å². The van der Waals surface area contributed by atoms with Crippen molar-refractivity contribution in [1.29, 1.82) is 0 Å². The van der Waals surface area contributed by atoms with Crippen LogP contribution in [0.4, 0.5) is 0 Å². The van der Waals surface area contributed by atoms with Crippen LogP contribution in [-0.2, 0) is 9.59 Å². The van der Waals surface area contributed by atoms with Crippen LogP contribution in [0, 0.1) is 5.92 Å². The Labute approximate surface area is 223 Å². The van der Waals surface area contributed by atoms with Gasteiger partial charge in [-0.25, -0.2) is 9.59 Å². The quantitative estimate of drug-likeness (QED) is 0.330. The molecule has 1 aliphatic carbocycles. The number of benzene rings is 2. The maximum atomic E-state index is 10.0. The minimum Gasteiger partial charge on any atom is -0.473 e. The summed E-state index contributed by atoms with van der Waals surface area (Å²) in [6.45, 7) is 3.19. The molecule has 2 aromatic rings. The SMILES string of the molecule is O=C(O)C(=O)O.O[C@H]1CC[C@@H](CN2CCC(=C3c4ccccc4Sc4ccc(Br)cc43)CC2)C[C@@H]1O. The molecule has 192 valence electrons. The fraction of sp³-hybridized carbons (Fsp3) is 0.407. The second kappa shape index (κ2) is 11.9. The Kier molecular flexibility index (Phi) is 8.90. The molecule has 4 N–H and O–H groups in total. The summed E-state index contributed by atoms with van der Waals surface area (Å²) >= 11 is 5.55. The summed E-state index contributed by atoms with van der Waals surface area (Å²) < 4.78 is 1.13. The number of hydrogen-bond donors (Lipinski definition) is 4. The van der Waals surface area contributed by atoms with Crippen LogP contribution in [0.3, 0.4) is 0 Å². The zero-order valence-electron chi connectivity index (χ0n) is 19.8. The second-order valence-corrected chi connectivity index (χ2v) is 11.4. The Morgan fingerprint density at radius 2 is 1.58 bits per heavy atom. The first-order valence-corrected chi connectivity index (χ1v) is 13.7. The van der Waals surface area contributed by atoms with Crippen LogP contribution in [0.15, 0.2) is 62.3 Å². The van der Waals surface area contributed by atoms with Crippen molar-refractivity contribution in [3.05, 3.63) is 63.6 Å². The molecule has 36 heavy (non-hydrogen) atoms. The number of likely N-dealkylation sites (tertiary alicyclic amines) is 1. The average Bonchev–Trinajstić information content (AvgIpc) is 2.86. The van der Waals surface area contributed by atoms with E-state index in [0.29, 0.717) is 5.92 Å². The lowest BCUT2D eigenvalue weighted by Crippen LogP contribution is -2.40. The largest absolute Gasteiger partial charge is 0.473 e. The molecule has 7 nitrogen and oxygen atoms in total. The maximum Gasteiger partial charge on any atom is 0.414 e. The predicted molar refractivity (Wildman–Crippen MR) is 141 cm³/mol. The van der Waals surface area contributed by atoms with Gasteiger partial charge in [0, 0.05) is 33.9 Å². The molecule has 2 aliphatic heterocycles. The molecule has 3 atom stereocenters. The molecule has 0 radical (unpaired) electrons. The Balaban J connectivity index is 0.000000455. The summed E-state index contributed by atoms with van der Waals surface area (Å²) in [5, 5.41) is 34.6. The van der Waals surface area contributed by atoms with E-state index in [0.717, 1.165) is 56.2 Å². The van der Waals surface area contributed by atoms with Crippen molar-refractivity contribution in [1.82, 2.24) is 4.90 Å². The number of carboxylic acids is 2. The molecule has 5 rings (SSSR count). The third-order valence-corrected chi connectivity index (χ3v) is 8.63. The highest BCUT2D eigenvalue weighted by Crippen LogP contribution is 2.48. The van der Waals surface area contributed by atoms with Gasteiger partial charge in [0.15, 0.2) is 0 Å². The lowest BCUT2D eigenvalue weighted by Gasteiger charge is -2.37. The predicted octanol–water partition coefficient (Wildman–Crippen LogP) is 4.49. The van der Waals surface area contributed by atoms with Crippen molar-refractivity contribution in [2.45, 2.75) is 54.1 Å². The highest BCUT2D eigenvalue weighted by Gasteiger charge is 2.30. The van der Waals surface area contributed by atoms with Crippen LogP contribution in [0.1, 0.15) is 43.2 Å². The summed E-state index contributed by atoms with van der Waals surface area (Å²) in [6, 6.07) is 15.5. The molecular weight excluding hydrogens is 546 g/mol. The number of aliphatic hydroxyl groups excluding tert-OH is 2. The van der Waals surface area contributed by atoms with E-state index in [-0.39, 0.29) is 0 Å². The minimum absolute atomic E-state index is 0.501. The monoisotopic (exact) mass is 575 g/mol. The molecule has 9 heteroatoms. The molecule has 0 amide bonds. The molecule has 0 aromatic heterocycles. The van der Waals surface area contributed by atoms with Crippen molar-refractivity contribution in [3.63, 3.8) is 0 Å². The summed E-state index contributed by atoms with van der Waals surface area (Å²) in [4.78, 5) is 23.5. The molecule has 3 aliphatic rings. The standard InChI is InChI=1S/C25H28BrNO2S.C2H2O4/c26-18-6-8-24-20(14-18)25(19-3-1-2-4-23(19)30-24)17-9-11-27(12-10-17)15-16-5-7-21(28)22(29)13-16;3-1(4)2(5)6/h1-4,6,8,14,16,21-22,28-29H,5,7,9-13,15H2;(H,3,4)(H,5,6)/t16-,21+,22+;/m1./s1. The number of rotatable bonds is 2. The number of piperidine rings is 1. The van der Waals surface area contributed by atoms with Crippen LogP contribution in [0.5, 0.6) is 0 Å². The number of halogens is 1. The number of aliphatic carboxylic acids is 2. The number of carbonyl (C=O) groups is 2. The minimum atomic E-state index is -1.82. The van der Waals surface area contributed by atoms with E-state index in [2.05, 4.69) is 63.3 Å². The topological polar surface area (TPSA) is 118 Å². The zero-order valence-corrected chi connectivity index (χ0v) is 22.2. The van der Waals surface area contributed by atoms with Gasteiger partial charge in [-0.3, -0.25) is 0 Å². The summed E-state index contributed by atoms with van der Waals surface area (Å²) in [6.07, 6.45) is 3.61. The Morgan fingerprint density at radius 3 is 2.25 bits per heavy atom. The van der Waals surface area contributed by atoms with Crippen LogP contribution >= 0.6 is 27.7 Å². The lowest BCUT2D eigenvalue weighted by atomic mass is 9.84. The van der Waals surface area contributed by atoms with E-state index >= 15 is 0 Å². The normalized spacial score (nSPS) is 23.7. The highest BCUT2D eigenvalue weighted by atomic mass is 79.9. The number of nitrogens with zero attached hydrogens (tertiary/aromatic N) is 1. The van der Waals surface area contributed by atoms with Crippen LogP contribution in [0.2, 0.25) is 0 Å². The third kappa shape index (κ3) is 6.39. The van der Waals surface area contributed by atoms with Crippen molar-refractivity contribution in [3.8, 4) is 0 Å². The Bertz CT molecular complexity index is 1150. The van der Waals surface area contributed by atoms with Gasteiger partial charge in [-0.2, -0.15) is 0 Å². The highest BCUT2D eigenvalue weighted by molar-refractivity contribution is 9.10. The first-order chi connectivity index (χ1) is 17.2. The number of hydrogen-bond acceptors (Lipinski definition) is 6. The first kappa shape index (κ1) is 26.9. The average molecular weight is 577 g/mol. The maximum absolute atomic E-state index is 10.0. The van der Waals surface area contributed by atoms with Gasteiger partial charge in [0.2, 0.25) is 0 Å². The Hall–Kier alpha value is -2.17. The van der Waals surface area contributed by atoms with E-state index < -0.39 is 24.1 Å². The molecule has 0 bridgehead atoms. The number of carboxylic acid groups (broad SMARTS) is 2. The summed E-state index contributed by atoms with van der Waals surface area (Å²) in [7, 11) is 0. The van der Waals surface area contributed by atoms with Gasteiger partial charge in [0.25, 0.3) is 0 Å². The third-order valence-electron chi connectivity index (χ3n) is 6.99. The zero-order chi connectivity index (χ0) is 25.8. The number of aliphatic hydroxyl groups is 2. The molecular formula is C27H30BrNO6S. The molecule has 0 spiro atoms. The fourth-order valence-electron chi connectivity index (χ4n) is 5.19. The van der Waals surface area contributed by atoms with E-state index in [9.17, 15) is 10.2 Å². The van der Waals surface area contributed by atoms with Crippen molar-refractivity contribution in [2.75, 3.05) is 19.6 Å². The second-order valence-electron chi connectivity index (χ2n) is 9.44.